The Morgan fingerprint density at radius 3 is 1.40 bits per heavy atom. The molecule has 0 nitrogen and oxygen atoms in total. The van der Waals surface area contributed by atoms with Crippen LogP contribution in [0.3, 0.4) is 0 Å². The molecule has 2 aromatic rings. The summed E-state index contributed by atoms with van der Waals surface area (Å²) in [4.78, 5) is 0. The number of benzene rings is 2. The van der Waals surface area contributed by atoms with Gasteiger partial charge >= 0.3 is 0 Å². The van der Waals surface area contributed by atoms with Gasteiger partial charge in [0.2, 0.25) is 0 Å². The van der Waals surface area contributed by atoms with E-state index in [4.69, 9.17) is 11.1 Å². The van der Waals surface area contributed by atoms with E-state index in [9.17, 15) is 0 Å². The smallest absolute Gasteiger partial charge is 0.140 e. The first kappa shape index (κ1) is 10.9. The Balaban J connectivity index is 2.44. The lowest BCUT2D eigenvalue weighted by atomic mass is 10.4. The minimum Gasteiger partial charge on any atom is -0.140 e. The Labute approximate surface area is 103 Å². The van der Waals surface area contributed by atoms with Gasteiger partial charge in [-0.05, 0) is 10.4 Å². The standard InChI is InChI=1S/C12H10BrClSi/c13-15(14,11-7-3-1-4-8-11)12-9-5-2-6-10-12/h1-10H. The van der Waals surface area contributed by atoms with E-state index in [2.05, 4.69) is 39.6 Å². The third-order valence-electron chi connectivity index (χ3n) is 2.27. The van der Waals surface area contributed by atoms with Crippen LogP contribution in [0.4, 0.5) is 0 Å². The van der Waals surface area contributed by atoms with Crippen LogP contribution < -0.4 is 10.4 Å². The van der Waals surface area contributed by atoms with E-state index < -0.39 is 6.00 Å². The number of hydrogen-bond donors (Lipinski definition) is 0. The minimum absolute atomic E-state index is 1.18. The molecule has 0 bridgehead atoms. The van der Waals surface area contributed by atoms with Crippen LogP contribution in [0.1, 0.15) is 0 Å². The molecule has 0 unspecified atom stereocenters. The summed E-state index contributed by atoms with van der Waals surface area (Å²) in [6.45, 7) is 0. The van der Waals surface area contributed by atoms with Crippen molar-refractivity contribution >= 4 is 42.7 Å². The molecule has 0 saturated heterocycles. The van der Waals surface area contributed by atoms with E-state index in [1.807, 2.05) is 36.4 Å². The van der Waals surface area contributed by atoms with Crippen LogP contribution in [-0.2, 0) is 0 Å². The number of hydrogen-bond acceptors (Lipinski definition) is 0. The van der Waals surface area contributed by atoms with Crippen LogP contribution in [0.5, 0.6) is 0 Å². The van der Waals surface area contributed by atoms with E-state index >= 15 is 0 Å². The molecule has 0 atom stereocenters. The van der Waals surface area contributed by atoms with Gasteiger partial charge in [0.05, 0.1) is 0 Å². The van der Waals surface area contributed by atoms with E-state index in [-0.39, 0.29) is 0 Å². The van der Waals surface area contributed by atoms with E-state index in [1.165, 1.54) is 10.4 Å². The molecular formula is C12H10BrClSi. The molecule has 0 aliphatic heterocycles. The van der Waals surface area contributed by atoms with Crippen molar-refractivity contribution in [3.8, 4) is 0 Å². The molecule has 0 saturated carbocycles. The summed E-state index contributed by atoms with van der Waals surface area (Å²) in [6.07, 6.45) is 0. The van der Waals surface area contributed by atoms with Crippen LogP contribution >= 0.6 is 26.4 Å². The SMILES string of the molecule is Cl[Si](Br)(c1ccccc1)c1ccccc1. The van der Waals surface area contributed by atoms with Gasteiger partial charge in [-0.15, -0.1) is 11.1 Å². The molecule has 0 N–H and O–H groups in total. The maximum atomic E-state index is 6.64. The second-order valence-corrected chi connectivity index (χ2v) is 12.2. The molecule has 0 spiro atoms. The van der Waals surface area contributed by atoms with Crippen LogP contribution in [-0.4, -0.2) is 6.00 Å². The van der Waals surface area contributed by atoms with Crippen molar-refractivity contribution in [2.45, 2.75) is 0 Å². The second kappa shape index (κ2) is 4.52. The lowest BCUT2D eigenvalue weighted by Crippen LogP contribution is -2.47. The summed E-state index contributed by atoms with van der Waals surface area (Å²) >= 11 is 10.3. The van der Waals surface area contributed by atoms with Crippen molar-refractivity contribution in [1.82, 2.24) is 0 Å². The molecule has 2 aromatic carbocycles. The normalized spacial score (nSPS) is 11.3. The first-order valence-corrected chi connectivity index (χ1v) is 9.97. The Bertz CT molecular complexity index is 386. The van der Waals surface area contributed by atoms with Gasteiger partial charge < -0.3 is 0 Å². The van der Waals surface area contributed by atoms with Gasteiger partial charge in [-0.1, -0.05) is 76.0 Å². The molecule has 0 radical (unpaired) electrons. The largest absolute Gasteiger partial charge is 0.285 e. The van der Waals surface area contributed by atoms with E-state index in [0.717, 1.165) is 0 Å². The van der Waals surface area contributed by atoms with Crippen molar-refractivity contribution in [2.75, 3.05) is 0 Å². The fraction of sp³-hybridized carbons (Fsp3) is 0. The molecule has 2 rings (SSSR count). The highest BCUT2D eigenvalue weighted by Gasteiger charge is 2.31. The van der Waals surface area contributed by atoms with Crippen molar-refractivity contribution < 1.29 is 0 Å². The highest BCUT2D eigenvalue weighted by Crippen LogP contribution is 2.17. The van der Waals surface area contributed by atoms with E-state index in [0.29, 0.717) is 0 Å². The number of rotatable bonds is 2. The van der Waals surface area contributed by atoms with Gasteiger partial charge in [-0.2, -0.15) is 0 Å². The zero-order valence-corrected chi connectivity index (χ0v) is 11.4. The fourth-order valence-corrected chi connectivity index (χ4v) is 5.36. The molecule has 3 heteroatoms. The lowest BCUT2D eigenvalue weighted by Gasteiger charge is -2.17. The predicted octanol–water partition coefficient (Wildman–Crippen LogP) is 2.88. The van der Waals surface area contributed by atoms with Crippen LogP contribution in [0.25, 0.3) is 0 Å². The first-order chi connectivity index (χ1) is 7.21. The maximum Gasteiger partial charge on any atom is 0.285 e. The fourth-order valence-electron chi connectivity index (χ4n) is 1.46. The van der Waals surface area contributed by atoms with E-state index in [1.54, 1.807) is 0 Å². The summed E-state index contributed by atoms with van der Waals surface area (Å²) < 4.78 is 0. The van der Waals surface area contributed by atoms with Crippen molar-refractivity contribution in [3.05, 3.63) is 60.7 Å². The van der Waals surface area contributed by atoms with Crippen LogP contribution in [0.2, 0.25) is 0 Å². The molecule has 0 aliphatic rings. The van der Waals surface area contributed by atoms with Crippen LogP contribution in [0, 0.1) is 0 Å². The zero-order chi connectivity index (χ0) is 10.7. The molecule has 0 fully saturated rings. The Morgan fingerprint density at radius 2 is 1.07 bits per heavy atom. The Kier molecular flexibility index (Phi) is 3.29. The molecule has 15 heavy (non-hydrogen) atoms. The highest BCUT2D eigenvalue weighted by molar-refractivity contribution is 9.28. The van der Waals surface area contributed by atoms with Gasteiger partial charge in [-0.25, -0.2) is 0 Å². The maximum absolute atomic E-state index is 6.64. The van der Waals surface area contributed by atoms with Crippen molar-refractivity contribution in [1.29, 1.82) is 0 Å². The summed E-state index contributed by atoms with van der Waals surface area (Å²) in [6, 6.07) is 18.2. The molecule has 0 aromatic heterocycles. The number of halogens is 2. The van der Waals surface area contributed by atoms with Gasteiger partial charge in [-0.3, -0.25) is 0 Å². The van der Waals surface area contributed by atoms with Gasteiger partial charge in [0.15, 0.2) is 0 Å². The predicted molar refractivity (Wildman–Crippen MR) is 72.7 cm³/mol. The van der Waals surface area contributed by atoms with Crippen LogP contribution in [0.15, 0.2) is 60.7 Å². The van der Waals surface area contributed by atoms with Crippen molar-refractivity contribution in [3.63, 3.8) is 0 Å². The van der Waals surface area contributed by atoms with Gasteiger partial charge in [0.25, 0.3) is 6.00 Å². The monoisotopic (exact) mass is 296 g/mol. The molecule has 76 valence electrons. The summed E-state index contributed by atoms with van der Waals surface area (Å²) in [5.41, 5.74) is 0. The summed E-state index contributed by atoms with van der Waals surface area (Å²) in [5.74, 6) is 0. The van der Waals surface area contributed by atoms with Crippen molar-refractivity contribution in [2.24, 2.45) is 0 Å². The molecule has 0 aliphatic carbocycles. The summed E-state index contributed by atoms with van der Waals surface area (Å²) in [7, 11) is 0. The molecule has 0 amide bonds. The third kappa shape index (κ3) is 2.33. The minimum atomic E-state index is -2.17. The Hall–Kier alpha value is -0.573. The molecule has 0 heterocycles. The second-order valence-electron chi connectivity index (χ2n) is 3.31. The average Bonchev–Trinajstić information content (AvgIpc) is 2.31. The quantitative estimate of drug-likeness (QED) is 0.591. The zero-order valence-electron chi connectivity index (χ0n) is 8.03. The van der Waals surface area contributed by atoms with Gasteiger partial charge in [0.1, 0.15) is 0 Å². The van der Waals surface area contributed by atoms with Gasteiger partial charge in [0, 0.05) is 0 Å². The topological polar surface area (TPSA) is 0 Å². The Morgan fingerprint density at radius 1 is 0.733 bits per heavy atom. The first-order valence-electron chi connectivity index (χ1n) is 4.70. The molecular weight excluding hydrogens is 288 g/mol. The lowest BCUT2D eigenvalue weighted by molar-refractivity contribution is 1.74. The highest BCUT2D eigenvalue weighted by atomic mass is 79.9. The third-order valence-corrected chi connectivity index (χ3v) is 8.45. The average molecular weight is 298 g/mol. The summed E-state index contributed by atoms with van der Waals surface area (Å²) in [5, 5.41) is 2.36.